The van der Waals surface area contributed by atoms with Crippen LogP contribution in [0, 0.1) is 0 Å². The van der Waals surface area contributed by atoms with Gasteiger partial charge in [-0.05, 0) is 23.6 Å². The molecule has 2 N–H and O–H groups in total. The molecule has 2 aromatic rings. The lowest BCUT2D eigenvalue weighted by molar-refractivity contribution is -0.132. The fourth-order valence-electron chi connectivity index (χ4n) is 3.93. The number of rotatable bonds is 7. The molecule has 0 spiro atoms. The van der Waals surface area contributed by atoms with Gasteiger partial charge in [-0.15, -0.1) is 0 Å². The Kier molecular flexibility index (Phi) is 6.84. The Morgan fingerprint density at radius 3 is 2.72 bits per heavy atom. The number of hydrogen-bond acceptors (Lipinski definition) is 6. The van der Waals surface area contributed by atoms with Gasteiger partial charge in [-0.2, -0.15) is 0 Å². The number of nitrogens with one attached hydrogen (secondary N) is 2. The van der Waals surface area contributed by atoms with Crippen molar-refractivity contribution in [2.75, 3.05) is 32.7 Å². The predicted molar refractivity (Wildman–Crippen MR) is 111 cm³/mol. The first-order chi connectivity index (χ1) is 14.3. The molecule has 2 aliphatic heterocycles. The Morgan fingerprint density at radius 1 is 1.10 bits per heavy atom. The molecule has 0 radical (unpaired) electrons. The third-order valence-corrected chi connectivity index (χ3v) is 5.42. The van der Waals surface area contributed by atoms with Crippen LogP contribution < -0.4 is 10.9 Å². The van der Waals surface area contributed by atoms with E-state index in [9.17, 15) is 4.79 Å². The molecule has 1 aromatic heterocycles. The lowest BCUT2D eigenvalue weighted by Crippen LogP contribution is -2.44. The van der Waals surface area contributed by atoms with Crippen LogP contribution in [-0.4, -0.2) is 65.6 Å². The standard InChI is InChI=1S/C22H29N5O2/c28-22-16-26(13-20-8-10-24-25-20)14-21(29-17-18-5-2-1-3-6-18)15-27(22)12-19-7-4-9-23-11-19/h1-7,9,11,20-21,24-25H,8,10,12-17H2. The van der Waals surface area contributed by atoms with E-state index in [0.29, 0.717) is 32.3 Å². The van der Waals surface area contributed by atoms with Gasteiger partial charge < -0.3 is 9.64 Å². The molecule has 1 aromatic carbocycles. The maximum atomic E-state index is 13.0. The van der Waals surface area contributed by atoms with E-state index >= 15 is 0 Å². The number of carbonyl (C=O) groups excluding carboxylic acids is 1. The summed E-state index contributed by atoms with van der Waals surface area (Å²) in [6.07, 6.45) is 4.61. The quantitative estimate of drug-likeness (QED) is 0.734. The van der Waals surface area contributed by atoms with E-state index in [-0.39, 0.29) is 12.0 Å². The number of carbonyl (C=O) groups is 1. The highest BCUT2D eigenvalue weighted by molar-refractivity contribution is 5.78. The number of amides is 1. The Hall–Kier alpha value is -2.32. The molecule has 0 bridgehead atoms. The van der Waals surface area contributed by atoms with Gasteiger partial charge in [0.15, 0.2) is 0 Å². The van der Waals surface area contributed by atoms with Crippen molar-refractivity contribution in [2.45, 2.75) is 31.7 Å². The lowest BCUT2D eigenvalue weighted by atomic mass is 10.2. The Labute approximate surface area is 172 Å². The zero-order valence-corrected chi connectivity index (χ0v) is 16.7. The van der Waals surface area contributed by atoms with Gasteiger partial charge >= 0.3 is 0 Å². The van der Waals surface area contributed by atoms with Crippen LogP contribution in [0.1, 0.15) is 17.5 Å². The molecule has 2 fully saturated rings. The average molecular weight is 396 g/mol. The summed E-state index contributed by atoms with van der Waals surface area (Å²) in [4.78, 5) is 21.3. The number of hydrogen-bond donors (Lipinski definition) is 2. The minimum absolute atomic E-state index is 0.0345. The van der Waals surface area contributed by atoms with E-state index in [1.165, 1.54) is 0 Å². The highest BCUT2D eigenvalue weighted by Crippen LogP contribution is 2.15. The molecular formula is C22H29N5O2. The van der Waals surface area contributed by atoms with Gasteiger partial charge in [-0.25, -0.2) is 0 Å². The molecule has 1 amide bonds. The van der Waals surface area contributed by atoms with Crippen LogP contribution >= 0.6 is 0 Å². The van der Waals surface area contributed by atoms with Crippen LogP contribution in [0.2, 0.25) is 0 Å². The SMILES string of the molecule is O=C1CN(CC2CCNN2)CC(OCc2ccccc2)CN1Cc1cccnc1. The third-order valence-electron chi connectivity index (χ3n) is 5.42. The summed E-state index contributed by atoms with van der Waals surface area (Å²) in [5.41, 5.74) is 8.66. The molecule has 2 unspecified atom stereocenters. The molecule has 154 valence electrons. The van der Waals surface area contributed by atoms with E-state index in [4.69, 9.17) is 4.74 Å². The first kappa shape index (κ1) is 20.0. The van der Waals surface area contributed by atoms with E-state index in [0.717, 1.165) is 37.2 Å². The van der Waals surface area contributed by atoms with Gasteiger partial charge in [0.2, 0.25) is 5.91 Å². The van der Waals surface area contributed by atoms with Gasteiger partial charge in [0.25, 0.3) is 0 Å². The minimum atomic E-state index is -0.0345. The monoisotopic (exact) mass is 395 g/mol. The molecule has 2 aliphatic rings. The zero-order chi connectivity index (χ0) is 19.9. The van der Waals surface area contributed by atoms with Gasteiger partial charge in [-0.1, -0.05) is 36.4 Å². The largest absolute Gasteiger partial charge is 0.370 e. The summed E-state index contributed by atoms with van der Waals surface area (Å²) >= 11 is 0. The second-order valence-electron chi connectivity index (χ2n) is 7.80. The highest BCUT2D eigenvalue weighted by Gasteiger charge is 2.30. The number of pyridine rings is 1. The zero-order valence-electron chi connectivity index (χ0n) is 16.7. The van der Waals surface area contributed by atoms with Crippen molar-refractivity contribution in [1.82, 2.24) is 25.6 Å². The number of nitrogens with zero attached hydrogens (tertiary/aromatic N) is 3. The van der Waals surface area contributed by atoms with Crippen molar-refractivity contribution >= 4 is 5.91 Å². The molecule has 4 rings (SSSR count). The molecule has 7 nitrogen and oxygen atoms in total. The van der Waals surface area contributed by atoms with Crippen molar-refractivity contribution in [3.63, 3.8) is 0 Å². The Bertz CT molecular complexity index is 767. The lowest BCUT2D eigenvalue weighted by Gasteiger charge is -2.26. The number of benzene rings is 1. The Balaban J connectivity index is 1.44. The van der Waals surface area contributed by atoms with Crippen molar-refractivity contribution in [3.05, 3.63) is 66.0 Å². The summed E-state index contributed by atoms with van der Waals surface area (Å²) in [6, 6.07) is 14.5. The molecule has 0 aliphatic carbocycles. The van der Waals surface area contributed by atoms with Crippen LogP contribution in [0.15, 0.2) is 54.9 Å². The molecule has 0 saturated carbocycles. The molecular weight excluding hydrogens is 366 g/mol. The van der Waals surface area contributed by atoms with Crippen LogP contribution in [0.25, 0.3) is 0 Å². The van der Waals surface area contributed by atoms with Crippen LogP contribution in [0.5, 0.6) is 0 Å². The van der Waals surface area contributed by atoms with Crippen LogP contribution in [0.3, 0.4) is 0 Å². The van der Waals surface area contributed by atoms with Crippen molar-refractivity contribution in [3.8, 4) is 0 Å². The summed E-state index contributed by atoms with van der Waals surface area (Å²) < 4.78 is 6.27. The fourth-order valence-corrected chi connectivity index (χ4v) is 3.93. The topological polar surface area (TPSA) is 69.7 Å². The van der Waals surface area contributed by atoms with Gasteiger partial charge in [0.1, 0.15) is 0 Å². The molecule has 3 heterocycles. The first-order valence-corrected chi connectivity index (χ1v) is 10.3. The molecule has 7 heteroatoms. The summed E-state index contributed by atoms with van der Waals surface area (Å²) in [5, 5.41) is 0. The van der Waals surface area contributed by atoms with Gasteiger partial charge in [0.05, 0.1) is 19.3 Å². The molecule has 2 saturated heterocycles. The van der Waals surface area contributed by atoms with Crippen molar-refractivity contribution in [2.24, 2.45) is 0 Å². The van der Waals surface area contributed by atoms with Crippen LogP contribution in [-0.2, 0) is 22.7 Å². The normalized spacial score (nSPS) is 23.3. The number of hydrazine groups is 1. The van der Waals surface area contributed by atoms with Crippen molar-refractivity contribution < 1.29 is 9.53 Å². The van der Waals surface area contributed by atoms with E-state index in [1.54, 1.807) is 6.20 Å². The van der Waals surface area contributed by atoms with Gasteiger partial charge in [0, 0.05) is 51.2 Å². The average Bonchev–Trinajstić information content (AvgIpc) is 3.20. The third kappa shape index (κ3) is 5.83. The van der Waals surface area contributed by atoms with Crippen LogP contribution in [0.4, 0.5) is 0 Å². The van der Waals surface area contributed by atoms with E-state index < -0.39 is 0 Å². The first-order valence-electron chi connectivity index (χ1n) is 10.3. The summed E-state index contributed by atoms with van der Waals surface area (Å²) in [7, 11) is 0. The van der Waals surface area contributed by atoms with E-state index in [1.807, 2.05) is 41.4 Å². The van der Waals surface area contributed by atoms with E-state index in [2.05, 4.69) is 32.9 Å². The van der Waals surface area contributed by atoms with Crippen molar-refractivity contribution in [1.29, 1.82) is 0 Å². The molecule has 29 heavy (non-hydrogen) atoms. The number of ether oxygens (including phenoxy) is 1. The Morgan fingerprint density at radius 2 is 1.97 bits per heavy atom. The maximum Gasteiger partial charge on any atom is 0.237 e. The summed E-state index contributed by atoms with van der Waals surface area (Å²) in [5.74, 6) is 0.144. The number of aromatic nitrogens is 1. The second kappa shape index (κ2) is 9.93. The maximum absolute atomic E-state index is 13.0. The highest BCUT2D eigenvalue weighted by atomic mass is 16.5. The second-order valence-corrected chi connectivity index (χ2v) is 7.80. The fraction of sp³-hybridized carbons (Fsp3) is 0.455. The minimum Gasteiger partial charge on any atom is -0.370 e. The van der Waals surface area contributed by atoms with Gasteiger partial charge in [-0.3, -0.25) is 25.5 Å². The molecule has 2 atom stereocenters. The smallest absolute Gasteiger partial charge is 0.237 e. The summed E-state index contributed by atoms with van der Waals surface area (Å²) in [6.45, 7) is 4.68. The predicted octanol–water partition coefficient (Wildman–Crippen LogP) is 1.18.